The minimum atomic E-state index is 0.177. The minimum Gasteiger partial charge on any atom is -0.340 e. The summed E-state index contributed by atoms with van der Waals surface area (Å²) in [4.78, 5) is 29.1. The Labute approximate surface area is 144 Å². The molecule has 2 atom stereocenters. The van der Waals surface area contributed by atoms with Gasteiger partial charge in [0.25, 0.3) is 0 Å². The van der Waals surface area contributed by atoms with E-state index in [0.29, 0.717) is 37.8 Å². The van der Waals surface area contributed by atoms with Crippen molar-refractivity contribution in [2.24, 2.45) is 11.8 Å². The quantitative estimate of drug-likeness (QED) is 0.852. The maximum Gasteiger partial charge on any atom is 0.223 e. The van der Waals surface area contributed by atoms with Gasteiger partial charge >= 0.3 is 0 Å². The van der Waals surface area contributed by atoms with Crippen LogP contribution in [-0.2, 0) is 16.1 Å². The van der Waals surface area contributed by atoms with Crippen molar-refractivity contribution in [1.82, 2.24) is 9.80 Å². The van der Waals surface area contributed by atoms with Crippen molar-refractivity contribution in [2.75, 3.05) is 13.1 Å². The van der Waals surface area contributed by atoms with E-state index >= 15 is 0 Å². The number of benzene rings is 1. The normalized spacial score (nSPS) is 24.2. The molecule has 24 heavy (non-hydrogen) atoms. The van der Waals surface area contributed by atoms with E-state index < -0.39 is 0 Å². The van der Waals surface area contributed by atoms with Gasteiger partial charge in [-0.05, 0) is 30.2 Å². The van der Waals surface area contributed by atoms with Crippen LogP contribution in [0.5, 0.6) is 0 Å². The molecule has 4 heteroatoms. The maximum absolute atomic E-state index is 12.6. The van der Waals surface area contributed by atoms with Crippen LogP contribution in [0.3, 0.4) is 0 Å². The Morgan fingerprint density at radius 3 is 2.67 bits per heavy atom. The topological polar surface area (TPSA) is 40.6 Å². The van der Waals surface area contributed by atoms with E-state index in [1.807, 2.05) is 28.0 Å². The molecule has 2 fully saturated rings. The molecule has 4 nitrogen and oxygen atoms in total. The molecule has 3 rings (SSSR count). The smallest absolute Gasteiger partial charge is 0.223 e. The average molecular weight is 328 g/mol. The fourth-order valence-electron chi connectivity index (χ4n) is 4.00. The van der Waals surface area contributed by atoms with Crippen LogP contribution in [0.1, 0.15) is 45.1 Å². The lowest BCUT2D eigenvalue weighted by Gasteiger charge is -2.30. The fraction of sp³-hybridized carbons (Fsp3) is 0.600. The molecule has 1 aromatic carbocycles. The van der Waals surface area contributed by atoms with Crippen LogP contribution >= 0.6 is 0 Å². The van der Waals surface area contributed by atoms with Crippen molar-refractivity contribution in [1.29, 1.82) is 0 Å². The van der Waals surface area contributed by atoms with Crippen molar-refractivity contribution in [2.45, 2.75) is 52.1 Å². The van der Waals surface area contributed by atoms with Crippen molar-refractivity contribution in [3.8, 4) is 0 Å². The van der Waals surface area contributed by atoms with Gasteiger partial charge in [-0.3, -0.25) is 9.59 Å². The third-order valence-corrected chi connectivity index (χ3v) is 5.22. The standard InChI is InChI=1S/C20H28N2O2/c1-15(2)11-20(24)21-13-17-9-6-10-19(23)22(18(17)14-21)12-16-7-4-3-5-8-16/h3-5,7-8,15,17-18H,6,9-14H2,1-2H3. The second kappa shape index (κ2) is 7.37. The highest BCUT2D eigenvalue weighted by molar-refractivity contribution is 5.79. The maximum atomic E-state index is 12.6. The van der Waals surface area contributed by atoms with Crippen LogP contribution in [-0.4, -0.2) is 40.7 Å². The summed E-state index contributed by atoms with van der Waals surface area (Å²) in [5, 5.41) is 0. The largest absolute Gasteiger partial charge is 0.340 e. The number of nitrogens with zero attached hydrogens (tertiary/aromatic N) is 2. The molecule has 0 aromatic heterocycles. The van der Waals surface area contributed by atoms with Gasteiger partial charge in [0.1, 0.15) is 0 Å². The molecule has 1 aromatic rings. The Hall–Kier alpha value is -1.84. The van der Waals surface area contributed by atoms with Crippen molar-refractivity contribution in [3.63, 3.8) is 0 Å². The van der Waals surface area contributed by atoms with Gasteiger partial charge in [0.2, 0.25) is 11.8 Å². The predicted octanol–water partition coefficient (Wildman–Crippen LogP) is 3.07. The summed E-state index contributed by atoms with van der Waals surface area (Å²) in [6.07, 6.45) is 3.23. The zero-order valence-electron chi connectivity index (χ0n) is 14.8. The van der Waals surface area contributed by atoms with Crippen LogP contribution in [0, 0.1) is 11.8 Å². The summed E-state index contributed by atoms with van der Waals surface area (Å²) in [7, 11) is 0. The van der Waals surface area contributed by atoms with E-state index in [2.05, 4.69) is 26.0 Å². The summed E-state index contributed by atoms with van der Waals surface area (Å²) in [5.74, 6) is 1.29. The van der Waals surface area contributed by atoms with Gasteiger partial charge in [0, 0.05) is 32.5 Å². The van der Waals surface area contributed by atoms with Crippen LogP contribution in [0.25, 0.3) is 0 Å². The molecule has 2 saturated heterocycles. The predicted molar refractivity (Wildman–Crippen MR) is 94.2 cm³/mol. The number of carbonyl (C=O) groups is 2. The number of fused-ring (bicyclic) bond motifs is 1. The molecule has 2 aliphatic heterocycles. The third kappa shape index (κ3) is 3.80. The summed E-state index contributed by atoms with van der Waals surface area (Å²) in [6.45, 7) is 6.34. The van der Waals surface area contributed by atoms with E-state index in [1.54, 1.807) is 0 Å². The Bertz CT molecular complexity index is 585. The van der Waals surface area contributed by atoms with Gasteiger partial charge in [0.15, 0.2) is 0 Å². The molecular weight excluding hydrogens is 300 g/mol. The van der Waals surface area contributed by atoms with Crippen LogP contribution in [0.4, 0.5) is 0 Å². The van der Waals surface area contributed by atoms with E-state index in [4.69, 9.17) is 0 Å². The number of carbonyl (C=O) groups excluding carboxylic acids is 2. The molecule has 0 spiro atoms. The number of amides is 2. The molecule has 0 saturated carbocycles. The monoisotopic (exact) mass is 328 g/mol. The first-order valence-electron chi connectivity index (χ1n) is 9.15. The number of likely N-dealkylation sites (tertiary alicyclic amines) is 2. The van der Waals surface area contributed by atoms with Gasteiger partial charge in [-0.15, -0.1) is 0 Å². The highest BCUT2D eigenvalue weighted by Gasteiger charge is 2.41. The molecule has 130 valence electrons. The molecule has 0 N–H and O–H groups in total. The lowest BCUT2D eigenvalue weighted by molar-refractivity contribution is -0.135. The van der Waals surface area contributed by atoms with Crippen LogP contribution in [0.2, 0.25) is 0 Å². The Kier molecular flexibility index (Phi) is 5.22. The zero-order chi connectivity index (χ0) is 17.1. The Morgan fingerprint density at radius 1 is 1.21 bits per heavy atom. The van der Waals surface area contributed by atoms with Crippen molar-refractivity contribution >= 4 is 11.8 Å². The SMILES string of the molecule is CC(C)CC(=O)N1CC2CCCC(=O)N(Cc3ccccc3)C2C1. The van der Waals surface area contributed by atoms with E-state index in [-0.39, 0.29) is 17.9 Å². The number of hydrogen-bond donors (Lipinski definition) is 0. The van der Waals surface area contributed by atoms with Gasteiger partial charge in [0.05, 0.1) is 6.04 Å². The second-order valence-corrected chi connectivity index (χ2v) is 7.62. The fourth-order valence-corrected chi connectivity index (χ4v) is 4.00. The number of rotatable bonds is 4. The molecule has 2 amide bonds. The van der Waals surface area contributed by atoms with Crippen LogP contribution in [0.15, 0.2) is 30.3 Å². The van der Waals surface area contributed by atoms with Crippen molar-refractivity contribution < 1.29 is 9.59 Å². The number of hydrogen-bond acceptors (Lipinski definition) is 2. The van der Waals surface area contributed by atoms with Crippen molar-refractivity contribution in [3.05, 3.63) is 35.9 Å². The average Bonchev–Trinajstić information content (AvgIpc) is 2.91. The third-order valence-electron chi connectivity index (χ3n) is 5.22. The lowest BCUT2D eigenvalue weighted by atomic mass is 9.98. The lowest BCUT2D eigenvalue weighted by Crippen LogP contribution is -2.43. The Morgan fingerprint density at radius 2 is 1.96 bits per heavy atom. The van der Waals surface area contributed by atoms with Crippen LogP contribution < -0.4 is 0 Å². The molecule has 2 aliphatic rings. The molecule has 0 radical (unpaired) electrons. The first-order valence-corrected chi connectivity index (χ1v) is 9.15. The summed E-state index contributed by atoms with van der Waals surface area (Å²) in [6, 6.07) is 10.4. The Balaban J connectivity index is 1.75. The van der Waals surface area contributed by atoms with E-state index in [1.165, 1.54) is 5.56 Å². The second-order valence-electron chi connectivity index (χ2n) is 7.62. The molecular formula is C20H28N2O2. The first kappa shape index (κ1) is 17.0. The van der Waals surface area contributed by atoms with E-state index in [0.717, 1.165) is 19.4 Å². The van der Waals surface area contributed by atoms with Gasteiger partial charge in [-0.25, -0.2) is 0 Å². The first-order chi connectivity index (χ1) is 11.5. The van der Waals surface area contributed by atoms with E-state index in [9.17, 15) is 9.59 Å². The van der Waals surface area contributed by atoms with Gasteiger partial charge < -0.3 is 9.80 Å². The highest BCUT2D eigenvalue weighted by atomic mass is 16.2. The minimum absolute atomic E-state index is 0.177. The molecule has 2 heterocycles. The zero-order valence-corrected chi connectivity index (χ0v) is 14.8. The van der Waals surface area contributed by atoms with Gasteiger partial charge in [-0.1, -0.05) is 44.2 Å². The summed E-state index contributed by atoms with van der Waals surface area (Å²) < 4.78 is 0. The highest BCUT2D eigenvalue weighted by Crippen LogP contribution is 2.32. The summed E-state index contributed by atoms with van der Waals surface area (Å²) >= 11 is 0. The molecule has 0 aliphatic carbocycles. The summed E-state index contributed by atoms with van der Waals surface area (Å²) in [5.41, 5.74) is 1.17. The molecule has 0 bridgehead atoms. The van der Waals surface area contributed by atoms with Gasteiger partial charge in [-0.2, -0.15) is 0 Å². The molecule has 2 unspecified atom stereocenters.